The molecular weight excluding hydrogens is 264 g/mol. The van der Waals surface area contributed by atoms with Crippen LogP contribution >= 0.6 is 0 Å². The van der Waals surface area contributed by atoms with E-state index in [0.717, 1.165) is 32.4 Å². The molecule has 4 heteroatoms. The predicted molar refractivity (Wildman–Crippen MR) is 82.2 cm³/mol. The predicted octanol–water partition coefficient (Wildman–Crippen LogP) is 2.05. The number of hydrogen-bond donors (Lipinski definition) is 1. The van der Waals surface area contributed by atoms with Gasteiger partial charge in [0, 0.05) is 19.0 Å². The molecule has 114 valence electrons. The number of amides is 1. The molecule has 1 saturated carbocycles. The van der Waals surface area contributed by atoms with Gasteiger partial charge in [-0.25, -0.2) is 0 Å². The molecule has 21 heavy (non-hydrogen) atoms. The van der Waals surface area contributed by atoms with Crippen molar-refractivity contribution in [2.75, 3.05) is 27.2 Å². The maximum Gasteiger partial charge on any atom is 0.226 e. The van der Waals surface area contributed by atoms with Crippen molar-refractivity contribution in [1.82, 2.24) is 9.80 Å². The zero-order valence-electron chi connectivity index (χ0n) is 12.8. The fourth-order valence-corrected chi connectivity index (χ4v) is 3.38. The zero-order valence-corrected chi connectivity index (χ0v) is 12.8. The molecule has 2 aliphatic rings. The van der Waals surface area contributed by atoms with Gasteiger partial charge in [-0.1, -0.05) is 12.1 Å². The van der Waals surface area contributed by atoms with Crippen molar-refractivity contribution in [2.24, 2.45) is 5.92 Å². The van der Waals surface area contributed by atoms with Crippen LogP contribution in [0.5, 0.6) is 5.75 Å². The Morgan fingerprint density at radius 3 is 2.48 bits per heavy atom. The van der Waals surface area contributed by atoms with E-state index in [1.807, 2.05) is 24.1 Å². The van der Waals surface area contributed by atoms with Crippen molar-refractivity contribution < 1.29 is 9.90 Å². The fraction of sp³-hybridized carbons (Fsp3) is 0.588. The summed E-state index contributed by atoms with van der Waals surface area (Å²) >= 11 is 0. The van der Waals surface area contributed by atoms with E-state index in [9.17, 15) is 9.90 Å². The SMILES string of the molecule is CN1CCC(N(C)C(=O)C2CC2c2ccc(O)cc2)CC1. The van der Waals surface area contributed by atoms with Crippen LogP contribution in [0.3, 0.4) is 0 Å². The third kappa shape index (κ3) is 3.05. The van der Waals surface area contributed by atoms with Crippen LogP contribution in [0.4, 0.5) is 0 Å². The van der Waals surface area contributed by atoms with Crippen LogP contribution in [0.25, 0.3) is 0 Å². The first kappa shape index (κ1) is 14.4. The van der Waals surface area contributed by atoms with Crippen molar-refractivity contribution in [3.63, 3.8) is 0 Å². The Morgan fingerprint density at radius 2 is 1.86 bits per heavy atom. The number of phenolic OH excluding ortho intramolecular Hbond substituents is 1. The molecule has 0 radical (unpaired) electrons. The molecule has 2 unspecified atom stereocenters. The van der Waals surface area contributed by atoms with Gasteiger partial charge in [0.15, 0.2) is 0 Å². The maximum absolute atomic E-state index is 12.6. The molecule has 1 aliphatic carbocycles. The minimum Gasteiger partial charge on any atom is -0.508 e. The van der Waals surface area contributed by atoms with E-state index in [1.54, 1.807) is 12.1 Å². The number of aromatic hydroxyl groups is 1. The lowest BCUT2D eigenvalue weighted by Gasteiger charge is -2.35. The molecule has 4 nitrogen and oxygen atoms in total. The normalized spacial score (nSPS) is 26.6. The maximum atomic E-state index is 12.6. The highest BCUT2D eigenvalue weighted by Crippen LogP contribution is 2.48. The monoisotopic (exact) mass is 288 g/mol. The molecule has 2 fully saturated rings. The second-order valence-corrected chi connectivity index (χ2v) is 6.52. The standard InChI is InChI=1S/C17H24N2O2/c1-18-9-7-13(8-10-18)19(2)17(21)16-11-15(16)12-3-5-14(20)6-4-12/h3-6,13,15-16,20H,7-11H2,1-2H3. The molecule has 0 spiro atoms. The number of nitrogens with zero attached hydrogens (tertiary/aromatic N) is 2. The van der Waals surface area contributed by atoms with E-state index in [4.69, 9.17) is 0 Å². The molecule has 1 aliphatic heterocycles. The van der Waals surface area contributed by atoms with Gasteiger partial charge in [-0.2, -0.15) is 0 Å². The van der Waals surface area contributed by atoms with Crippen LogP contribution < -0.4 is 0 Å². The van der Waals surface area contributed by atoms with E-state index in [2.05, 4.69) is 11.9 Å². The first-order chi connectivity index (χ1) is 10.1. The molecule has 1 amide bonds. The third-order valence-corrected chi connectivity index (χ3v) is 5.01. The van der Waals surface area contributed by atoms with E-state index >= 15 is 0 Å². The summed E-state index contributed by atoms with van der Waals surface area (Å²) in [7, 11) is 4.10. The smallest absolute Gasteiger partial charge is 0.226 e. The lowest BCUT2D eigenvalue weighted by molar-refractivity contribution is -0.134. The van der Waals surface area contributed by atoms with E-state index in [1.165, 1.54) is 5.56 Å². The summed E-state index contributed by atoms with van der Waals surface area (Å²) in [6, 6.07) is 7.67. The van der Waals surface area contributed by atoms with Crippen LogP contribution in [0.2, 0.25) is 0 Å². The van der Waals surface area contributed by atoms with Gasteiger partial charge in [0.1, 0.15) is 5.75 Å². The molecule has 1 aromatic carbocycles. The number of carbonyl (C=O) groups excluding carboxylic acids is 1. The van der Waals surface area contributed by atoms with Crippen molar-refractivity contribution in [2.45, 2.75) is 31.2 Å². The van der Waals surface area contributed by atoms with Crippen molar-refractivity contribution in [3.8, 4) is 5.75 Å². The van der Waals surface area contributed by atoms with Gasteiger partial charge in [0.05, 0.1) is 0 Å². The number of carbonyl (C=O) groups is 1. The lowest BCUT2D eigenvalue weighted by Crippen LogP contribution is -2.45. The summed E-state index contributed by atoms with van der Waals surface area (Å²) in [5.41, 5.74) is 1.17. The van der Waals surface area contributed by atoms with Gasteiger partial charge >= 0.3 is 0 Å². The highest BCUT2D eigenvalue weighted by molar-refractivity contribution is 5.83. The zero-order chi connectivity index (χ0) is 15.0. The van der Waals surface area contributed by atoms with Crippen molar-refractivity contribution in [1.29, 1.82) is 0 Å². The Morgan fingerprint density at radius 1 is 1.24 bits per heavy atom. The second kappa shape index (κ2) is 5.68. The number of phenols is 1. The number of rotatable bonds is 3. The average Bonchev–Trinajstić information content (AvgIpc) is 3.28. The number of hydrogen-bond acceptors (Lipinski definition) is 3. The summed E-state index contributed by atoms with van der Waals surface area (Å²) in [6.45, 7) is 2.16. The fourth-order valence-electron chi connectivity index (χ4n) is 3.38. The molecule has 3 rings (SSSR count). The number of likely N-dealkylation sites (tertiary alicyclic amines) is 1. The molecule has 2 atom stereocenters. The van der Waals surface area contributed by atoms with Gasteiger partial charge in [-0.05, 0) is 63.0 Å². The summed E-state index contributed by atoms with van der Waals surface area (Å²) in [5, 5.41) is 9.33. The van der Waals surface area contributed by atoms with Gasteiger partial charge in [-0.3, -0.25) is 4.79 Å². The Balaban J connectivity index is 1.58. The number of benzene rings is 1. The minimum absolute atomic E-state index is 0.138. The molecule has 1 heterocycles. The van der Waals surface area contributed by atoms with Crippen molar-refractivity contribution in [3.05, 3.63) is 29.8 Å². The molecular formula is C17H24N2O2. The van der Waals surface area contributed by atoms with Gasteiger partial charge in [-0.15, -0.1) is 0 Å². The summed E-state index contributed by atoms with van der Waals surface area (Å²) in [4.78, 5) is 16.9. The molecule has 0 aromatic heterocycles. The topological polar surface area (TPSA) is 43.8 Å². The summed E-state index contributed by atoms with van der Waals surface area (Å²) < 4.78 is 0. The Bertz CT molecular complexity index is 506. The Hall–Kier alpha value is -1.55. The molecule has 1 aromatic rings. The first-order valence-corrected chi connectivity index (χ1v) is 7.80. The summed E-state index contributed by atoms with van der Waals surface area (Å²) in [6.07, 6.45) is 3.10. The van der Waals surface area contributed by atoms with Gasteiger partial charge in [0.25, 0.3) is 0 Å². The van der Waals surface area contributed by atoms with Crippen LogP contribution in [-0.2, 0) is 4.79 Å². The van der Waals surface area contributed by atoms with E-state index < -0.39 is 0 Å². The van der Waals surface area contributed by atoms with E-state index in [0.29, 0.717) is 17.9 Å². The average molecular weight is 288 g/mol. The molecule has 1 saturated heterocycles. The van der Waals surface area contributed by atoms with Crippen LogP contribution in [0.1, 0.15) is 30.7 Å². The minimum atomic E-state index is 0.138. The second-order valence-electron chi connectivity index (χ2n) is 6.52. The van der Waals surface area contributed by atoms with E-state index in [-0.39, 0.29) is 11.7 Å². The Kier molecular flexibility index (Phi) is 3.89. The Labute approximate surface area is 126 Å². The first-order valence-electron chi connectivity index (χ1n) is 7.80. The quantitative estimate of drug-likeness (QED) is 0.926. The molecule has 1 N–H and O–H groups in total. The molecule has 0 bridgehead atoms. The highest BCUT2D eigenvalue weighted by atomic mass is 16.3. The van der Waals surface area contributed by atoms with Crippen LogP contribution in [0.15, 0.2) is 24.3 Å². The van der Waals surface area contributed by atoms with Gasteiger partial charge in [0.2, 0.25) is 5.91 Å². The largest absolute Gasteiger partial charge is 0.508 e. The van der Waals surface area contributed by atoms with Crippen molar-refractivity contribution >= 4 is 5.91 Å². The van der Waals surface area contributed by atoms with Crippen LogP contribution in [-0.4, -0.2) is 54.0 Å². The lowest BCUT2D eigenvalue weighted by atomic mass is 10.0. The number of piperidine rings is 1. The highest BCUT2D eigenvalue weighted by Gasteiger charge is 2.46. The summed E-state index contributed by atoms with van der Waals surface area (Å²) in [5.74, 6) is 1.05. The van der Waals surface area contributed by atoms with Gasteiger partial charge < -0.3 is 14.9 Å². The van der Waals surface area contributed by atoms with Crippen LogP contribution in [0, 0.1) is 5.92 Å². The third-order valence-electron chi connectivity index (χ3n) is 5.01.